The summed E-state index contributed by atoms with van der Waals surface area (Å²) in [5, 5.41) is 16.2. The molecule has 2 aliphatic heterocycles. The fourth-order valence-electron chi connectivity index (χ4n) is 5.86. The van der Waals surface area contributed by atoms with E-state index in [-0.39, 0.29) is 29.0 Å². The Kier molecular flexibility index (Phi) is 5.64. The SMILES string of the molecule is CC(O)(C(=O)N1CCC2(CC1)CC(=O)NC[C@H]2c1ccc(F)cc1)c1cccc2ccccc12. The molecule has 2 N–H and O–H groups in total. The lowest BCUT2D eigenvalue weighted by molar-refractivity contribution is -0.153. The first-order valence-corrected chi connectivity index (χ1v) is 11.8. The second-order valence-corrected chi connectivity index (χ2v) is 9.84. The number of carbonyl (C=O) groups is 2. The van der Waals surface area contributed by atoms with Crippen LogP contribution in [0.4, 0.5) is 4.39 Å². The van der Waals surface area contributed by atoms with Crippen LogP contribution in [0.5, 0.6) is 0 Å². The molecule has 2 heterocycles. The van der Waals surface area contributed by atoms with E-state index in [9.17, 15) is 19.1 Å². The van der Waals surface area contributed by atoms with Crippen LogP contribution in [0.15, 0.2) is 66.7 Å². The van der Waals surface area contributed by atoms with Crippen LogP contribution in [0.3, 0.4) is 0 Å². The third-order valence-corrected chi connectivity index (χ3v) is 7.80. The van der Waals surface area contributed by atoms with E-state index in [4.69, 9.17) is 0 Å². The second kappa shape index (κ2) is 8.51. The highest BCUT2D eigenvalue weighted by molar-refractivity contribution is 5.94. The summed E-state index contributed by atoms with van der Waals surface area (Å²) in [6, 6.07) is 19.9. The van der Waals surface area contributed by atoms with Gasteiger partial charge in [-0.05, 0) is 53.6 Å². The summed E-state index contributed by atoms with van der Waals surface area (Å²) < 4.78 is 13.5. The van der Waals surface area contributed by atoms with Crippen molar-refractivity contribution in [3.05, 3.63) is 83.7 Å². The van der Waals surface area contributed by atoms with Crippen molar-refractivity contribution >= 4 is 22.6 Å². The zero-order valence-corrected chi connectivity index (χ0v) is 19.3. The predicted octanol–water partition coefficient (Wildman–Crippen LogP) is 4.10. The van der Waals surface area contributed by atoms with Gasteiger partial charge in [0.25, 0.3) is 5.91 Å². The zero-order valence-electron chi connectivity index (χ0n) is 19.3. The maximum Gasteiger partial charge on any atom is 0.258 e. The number of likely N-dealkylation sites (tertiary alicyclic amines) is 1. The first-order chi connectivity index (χ1) is 16.3. The molecule has 2 fully saturated rings. The van der Waals surface area contributed by atoms with E-state index in [0.717, 1.165) is 16.3 Å². The number of carbonyl (C=O) groups excluding carboxylic acids is 2. The Morgan fingerprint density at radius 3 is 2.47 bits per heavy atom. The normalized spacial score (nSPS) is 21.8. The molecular weight excluding hydrogens is 431 g/mol. The van der Waals surface area contributed by atoms with E-state index in [1.54, 1.807) is 24.0 Å². The molecule has 2 atom stereocenters. The molecule has 1 unspecified atom stereocenters. The number of amides is 2. The number of benzene rings is 3. The summed E-state index contributed by atoms with van der Waals surface area (Å²) in [6.45, 7) is 3.00. The number of nitrogens with one attached hydrogen (secondary N) is 1. The molecule has 34 heavy (non-hydrogen) atoms. The lowest BCUT2D eigenvalue weighted by Gasteiger charge is -2.49. The van der Waals surface area contributed by atoms with E-state index < -0.39 is 5.60 Å². The van der Waals surface area contributed by atoms with Crippen LogP contribution in [0.25, 0.3) is 10.8 Å². The van der Waals surface area contributed by atoms with Gasteiger partial charge < -0.3 is 15.3 Å². The van der Waals surface area contributed by atoms with Crippen molar-refractivity contribution < 1.29 is 19.1 Å². The molecule has 0 saturated carbocycles. The van der Waals surface area contributed by atoms with Gasteiger partial charge in [-0.25, -0.2) is 4.39 Å². The van der Waals surface area contributed by atoms with E-state index >= 15 is 0 Å². The third-order valence-electron chi connectivity index (χ3n) is 7.80. The van der Waals surface area contributed by atoms with Gasteiger partial charge in [-0.15, -0.1) is 0 Å². The predicted molar refractivity (Wildman–Crippen MR) is 129 cm³/mol. The average Bonchev–Trinajstić information content (AvgIpc) is 2.84. The quantitative estimate of drug-likeness (QED) is 0.618. The minimum atomic E-state index is -1.66. The Bertz CT molecular complexity index is 1220. The Balaban J connectivity index is 1.38. The Labute approximate surface area is 198 Å². The van der Waals surface area contributed by atoms with Gasteiger partial charge in [0, 0.05) is 37.5 Å². The molecule has 0 aliphatic carbocycles. The topological polar surface area (TPSA) is 69.6 Å². The average molecular weight is 461 g/mol. The largest absolute Gasteiger partial charge is 0.375 e. The van der Waals surface area contributed by atoms with Crippen LogP contribution in [0.2, 0.25) is 0 Å². The highest BCUT2D eigenvalue weighted by Crippen LogP contribution is 2.49. The number of aliphatic hydroxyl groups is 1. The monoisotopic (exact) mass is 460 g/mol. The summed E-state index contributed by atoms with van der Waals surface area (Å²) in [5.41, 5.74) is -0.352. The Morgan fingerprint density at radius 2 is 1.74 bits per heavy atom. The van der Waals surface area contributed by atoms with Crippen molar-refractivity contribution in [1.29, 1.82) is 0 Å². The maximum absolute atomic E-state index is 13.5. The van der Waals surface area contributed by atoms with Crippen molar-refractivity contribution in [2.45, 2.75) is 37.7 Å². The van der Waals surface area contributed by atoms with Crippen LogP contribution in [0.1, 0.15) is 43.2 Å². The molecule has 3 aromatic rings. The molecule has 1 spiro atoms. The lowest BCUT2D eigenvalue weighted by atomic mass is 9.62. The highest BCUT2D eigenvalue weighted by atomic mass is 19.1. The van der Waals surface area contributed by atoms with E-state index in [1.807, 2.05) is 42.5 Å². The highest BCUT2D eigenvalue weighted by Gasteiger charge is 2.48. The number of rotatable bonds is 3. The molecule has 5 rings (SSSR count). The van der Waals surface area contributed by atoms with Crippen LogP contribution in [-0.2, 0) is 15.2 Å². The molecule has 2 amide bonds. The van der Waals surface area contributed by atoms with Gasteiger partial charge in [0.2, 0.25) is 5.91 Å². The lowest BCUT2D eigenvalue weighted by Crippen LogP contribution is -2.55. The standard InChI is InChI=1S/C28H29FN2O3/c1-27(34,23-8-4-6-19-5-2-3-7-22(19)23)26(33)31-15-13-28(14-16-31)17-25(32)30-18-24(28)20-9-11-21(29)12-10-20/h2-12,24,34H,13-18H2,1H3,(H,30,32)/t24-,27?/m0/s1. The molecule has 2 aliphatic rings. The van der Waals surface area contributed by atoms with E-state index in [0.29, 0.717) is 44.5 Å². The van der Waals surface area contributed by atoms with Gasteiger partial charge in [-0.1, -0.05) is 54.6 Å². The van der Waals surface area contributed by atoms with Gasteiger partial charge in [-0.2, -0.15) is 0 Å². The third kappa shape index (κ3) is 3.86. The van der Waals surface area contributed by atoms with Crippen LogP contribution in [-0.4, -0.2) is 41.5 Å². The fraction of sp³-hybridized carbons (Fsp3) is 0.357. The minimum absolute atomic E-state index is 0.0147. The fourth-order valence-corrected chi connectivity index (χ4v) is 5.86. The molecule has 0 aromatic heterocycles. The number of hydrogen-bond donors (Lipinski definition) is 2. The number of piperidine rings is 2. The van der Waals surface area contributed by atoms with Crippen molar-refractivity contribution in [3.63, 3.8) is 0 Å². The Hall–Kier alpha value is -3.25. The molecule has 3 aromatic carbocycles. The smallest absolute Gasteiger partial charge is 0.258 e. The summed E-state index contributed by atoms with van der Waals surface area (Å²) in [7, 11) is 0. The number of fused-ring (bicyclic) bond motifs is 1. The first-order valence-electron chi connectivity index (χ1n) is 11.8. The van der Waals surface area contributed by atoms with Gasteiger partial charge >= 0.3 is 0 Å². The van der Waals surface area contributed by atoms with Gasteiger partial charge in [0.1, 0.15) is 5.82 Å². The first kappa shape index (κ1) is 22.5. The molecule has 5 nitrogen and oxygen atoms in total. The molecule has 176 valence electrons. The number of nitrogens with zero attached hydrogens (tertiary/aromatic N) is 1. The van der Waals surface area contributed by atoms with E-state index in [1.165, 1.54) is 12.1 Å². The second-order valence-electron chi connectivity index (χ2n) is 9.84. The van der Waals surface area contributed by atoms with Crippen molar-refractivity contribution in [3.8, 4) is 0 Å². The Morgan fingerprint density at radius 1 is 1.06 bits per heavy atom. The van der Waals surface area contributed by atoms with Crippen molar-refractivity contribution in [1.82, 2.24) is 10.2 Å². The van der Waals surface area contributed by atoms with E-state index in [2.05, 4.69) is 5.32 Å². The summed E-state index contributed by atoms with van der Waals surface area (Å²) >= 11 is 0. The summed E-state index contributed by atoms with van der Waals surface area (Å²) in [6.07, 6.45) is 1.69. The van der Waals surface area contributed by atoms with Crippen molar-refractivity contribution in [2.75, 3.05) is 19.6 Å². The number of hydrogen-bond acceptors (Lipinski definition) is 3. The molecular formula is C28H29FN2O3. The molecule has 0 radical (unpaired) electrons. The van der Waals surface area contributed by atoms with Crippen molar-refractivity contribution in [2.24, 2.45) is 5.41 Å². The number of halogens is 1. The van der Waals surface area contributed by atoms with Gasteiger partial charge in [0.15, 0.2) is 5.60 Å². The van der Waals surface area contributed by atoms with Crippen LogP contribution < -0.4 is 5.32 Å². The van der Waals surface area contributed by atoms with Crippen LogP contribution >= 0.6 is 0 Å². The van der Waals surface area contributed by atoms with Gasteiger partial charge in [0.05, 0.1) is 0 Å². The summed E-state index contributed by atoms with van der Waals surface area (Å²) in [5.74, 6) is -0.534. The van der Waals surface area contributed by atoms with Gasteiger partial charge in [-0.3, -0.25) is 9.59 Å². The maximum atomic E-state index is 13.5. The molecule has 6 heteroatoms. The minimum Gasteiger partial charge on any atom is -0.375 e. The summed E-state index contributed by atoms with van der Waals surface area (Å²) in [4.78, 5) is 27.6. The molecule has 0 bridgehead atoms. The zero-order chi connectivity index (χ0) is 23.9. The molecule has 2 saturated heterocycles. The van der Waals surface area contributed by atoms with Crippen LogP contribution in [0, 0.1) is 11.2 Å².